The topological polar surface area (TPSA) is 35.2 Å². The van der Waals surface area contributed by atoms with Crippen LogP contribution in [0.3, 0.4) is 0 Å². The van der Waals surface area contributed by atoms with Crippen LogP contribution in [-0.4, -0.2) is 12.6 Å². The summed E-state index contributed by atoms with van der Waals surface area (Å²) in [5.74, 6) is 0.893. The van der Waals surface area contributed by atoms with E-state index in [0.717, 1.165) is 23.3 Å². The minimum atomic E-state index is -0.206. The van der Waals surface area contributed by atoms with Gasteiger partial charge < -0.3 is 10.5 Å². The number of hydrogen-bond donors (Lipinski definition) is 1. The Labute approximate surface area is 115 Å². The van der Waals surface area contributed by atoms with Crippen molar-refractivity contribution >= 4 is 0 Å². The fourth-order valence-electron chi connectivity index (χ4n) is 2.23. The van der Waals surface area contributed by atoms with Gasteiger partial charge in [-0.2, -0.15) is 0 Å². The van der Waals surface area contributed by atoms with E-state index in [-0.39, 0.29) is 5.54 Å². The third kappa shape index (κ3) is 3.58. The molecule has 2 aromatic rings. The molecular weight excluding hydrogens is 234 g/mol. The lowest BCUT2D eigenvalue weighted by Crippen LogP contribution is -2.34. The second-order valence-electron chi connectivity index (χ2n) is 5.57. The summed E-state index contributed by atoms with van der Waals surface area (Å²) in [5.41, 5.74) is 9.40. The lowest BCUT2D eigenvalue weighted by Gasteiger charge is -2.19. The van der Waals surface area contributed by atoms with Gasteiger partial charge in [-0.25, -0.2) is 0 Å². The van der Waals surface area contributed by atoms with Gasteiger partial charge in [0.05, 0.1) is 7.11 Å². The number of nitrogens with two attached hydrogens (primary N) is 1. The van der Waals surface area contributed by atoms with Crippen LogP contribution < -0.4 is 10.5 Å². The van der Waals surface area contributed by atoms with Crippen LogP contribution in [-0.2, 0) is 6.42 Å². The Bertz CT molecular complexity index is 541. The summed E-state index contributed by atoms with van der Waals surface area (Å²) >= 11 is 0. The Hall–Kier alpha value is -1.80. The largest absolute Gasteiger partial charge is 0.496 e. The third-order valence-corrected chi connectivity index (χ3v) is 3.01. The molecule has 0 saturated heterocycles. The molecule has 2 heteroatoms. The van der Waals surface area contributed by atoms with E-state index in [1.807, 2.05) is 38.1 Å². The van der Waals surface area contributed by atoms with Crippen molar-refractivity contribution in [2.24, 2.45) is 5.73 Å². The maximum absolute atomic E-state index is 6.10. The number of hydrogen-bond acceptors (Lipinski definition) is 2. The van der Waals surface area contributed by atoms with Gasteiger partial charge in [-0.15, -0.1) is 0 Å². The zero-order valence-electron chi connectivity index (χ0n) is 11.8. The first-order valence-corrected chi connectivity index (χ1v) is 6.51. The van der Waals surface area contributed by atoms with Gasteiger partial charge in [0.1, 0.15) is 5.75 Å². The molecule has 0 atom stereocenters. The van der Waals surface area contributed by atoms with Crippen molar-refractivity contribution in [2.45, 2.75) is 25.8 Å². The van der Waals surface area contributed by atoms with Gasteiger partial charge in [0, 0.05) is 11.1 Å². The lowest BCUT2D eigenvalue weighted by atomic mass is 9.93. The molecule has 0 spiro atoms. The molecule has 0 aliphatic rings. The maximum Gasteiger partial charge on any atom is 0.126 e. The molecule has 2 N–H and O–H groups in total. The molecule has 0 aliphatic heterocycles. The van der Waals surface area contributed by atoms with Crippen molar-refractivity contribution in [1.82, 2.24) is 0 Å². The molecule has 0 aliphatic carbocycles. The molecule has 0 unspecified atom stereocenters. The molecule has 0 bridgehead atoms. The average Bonchev–Trinajstić information content (AvgIpc) is 2.38. The summed E-state index contributed by atoms with van der Waals surface area (Å²) in [4.78, 5) is 0. The molecule has 0 amide bonds. The van der Waals surface area contributed by atoms with Crippen LogP contribution in [0.1, 0.15) is 19.4 Å². The van der Waals surface area contributed by atoms with Crippen molar-refractivity contribution < 1.29 is 4.74 Å². The highest BCUT2D eigenvalue weighted by atomic mass is 16.5. The number of rotatable bonds is 4. The van der Waals surface area contributed by atoms with Crippen molar-refractivity contribution in [3.8, 4) is 16.9 Å². The minimum absolute atomic E-state index is 0.206. The van der Waals surface area contributed by atoms with E-state index in [1.54, 1.807) is 7.11 Å². The highest BCUT2D eigenvalue weighted by Gasteiger charge is 2.14. The van der Waals surface area contributed by atoms with Gasteiger partial charge in [0.15, 0.2) is 0 Å². The molecule has 0 fully saturated rings. The summed E-state index contributed by atoms with van der Waals surface area (Å²) in [7, 11) is 1.70. The van der Waals surface area contributed by atoms with E-state index in [0.29, 0.717) is 0 Å². The molecular formula is C17H21NO. The Kier molecular flexibility index (Phi) is 3.91. The molecule has 2 rings (SSSR count). The van der Waals surface area contributed by atoms with Crippen molar-refractivity contribution in [1.29, 1.82) is 0 Å². The minimum Gasteiger partial charge on any atom is -0.496 e. The predicted octanol–water partition coefficient (Wildman–Crippen LogP) is 3.64. The highest BCUT2D eigenvalue weighted by molar-refractivity contribution is 5.71. The number of benzene rings is 2. The van der Waals surface area contributed by atoms with Gasteiger partial charge in [-0.05, 0) is 43.5 Å². The monoisotopic (exact) mass is 255 g/mol. The summed E-state index contributed by atoms with van der Waals surface area (Å²) in [6.07, 6.45) is 0.844. The van der Waals surface area contributed by atoms with Gasteiger partial charge in [0.25, 0.3) is 0 Å². The molecule has 0 heterocycles. The molecule has 2 aromatic carbocycles. The number of ether oxygens (including phenoxy) is 1. The molecule has 100 valence electrons. The summed E-state index contributed by atoms with van der Waals surface area (Å²) in [6.45, 7) is 4.08. The Morgan fingerprint density at radius 3 is 2.32 bits per heavy atom. The molecule has 0 saturated carbocycles. The maximum atomic E-state index is 6.10. The van der Waals surface area contributed by atoms with Crippen LogP contribution >= 0.6 is 0 Å². The van der Waals surface area contributed by atoms with Crippen LogP contribution in [0.15, 0.2) is 48.5 Å². The average molecular weight is 255 g/mol. The zero-order chi connectivity index (χ0) is 13.9. The van der Waals surface area contributed by atoms with Gasteiger partial charge >= 0.3 is 0 Å². The fraction of sp³-hybridized carbons (Fsp3) is 0.294. The summed E-state index contributed by atoms with van der Waals surface area (Å²) in [5, 5.41) is 0. The van der Waals surface area contributed by atoms with Gasteiger partial charge in [-0.1, -0.05) is 36.4 Å². The first kappa shape index (κ1) is 13.6. The van der Waals surface area contributed by atoms with Crippen LogP contribution in [0.4, 0.5) is 0 Å². The zero-order valence-corrected chi connectivity index (χ0v) is 11.8. The summed E-state index contributed by atoms with van der Waals surface area (Å²) < 4.78 is 5.45. The van der Waals surface area contributed by atoms with Crippen LogP contribution in [0.25, 0.3) is 11.1 Å². The highest BCUT2D eigenvalue weighted by Crippen LogP contribution is 2.31. The van der Waals surface area contributed by atoms with E-state index in [2.05, 4.69) is 24.3 Å². The molecule has 0 aromatic heterocycles. The molecule has 19 heavy (non-hydrogen) atoms. The van der Waals surface area contributed by atoms with E-state index >= 15 is 0 Å². The molecule has 2 nitrogen and oxygen atoms in total. The van der Waals surface area contributed by atoms with Gasteiger partial charge in [-0.3, -0.25) is 0 Å². The quantitative estimate of drug-likeness (QED) is 0.905. The van der Waals surface area contributed by atoms with E-state index in [1.165, 1.54) is 5.56 Å². The van der Waals surface area contributed by atoms with Crippen molar-refractivity contribution in [2.75, 3.05) is 7.11 Å². The van der Waals surface area contributed by atoms with Gasteiger partial charge in [0.2, 0.25) is 0 Å². The first-order valence-electron chi connectivity index (χ1n) is 6.51. The second kappa shape index (κ2) is 5.45. The normalized spacial score (nSPS) is 11.4. The SMILES string of the molecule is COc1ccc(CC(C)(C)N)cc1-c1ccccc1. The van der Waals surface area contributed by atoms with E-state index in [9.17, 15) is 0 Å². The second-order valence-corrected chi connectivity index (χ2v) is 5.57. The van der Waals surface area contributed by atoms with E-state index in [4.69, 9.17) is 10.5 Å². The van der Waals surface area contributed by atoms with Crippen LogP contribution in [0.5, 0.6) is 5.75 Å². The van der Waals surface area contributed by atoms with Crippen LogP contribution in [0.2, 0.25) is 0 Å². The van der Waals surface area contributed by atoms with Crippen LogP contribution in [0, 0.1) is 0 Å². The Morgan fingerprint density at radius 1 is 1.05 bits per heavy atom. The van der Waals surface area contributed by atoms with E-state index < -0.39 is 0 Å². The molecule has 0 radical (unpaired) electrons. The Morgan fingerprint density at radius 2 is 1.74 bits per heavy atom. The Balaban J connectivity index is 2.43. The smallest absolute Gasteiger partial charge is 0.126 e. The first-order chi connectivity index (χ1) is 8.99. The number of methoxy groups -OCH3 is 1. The van der Waals surface area contributed by atoms with Crippen molar-refractivity contribution in [3.05, 3.63) is 54.1 Å². The fourth-order valence-corrected chi connectivity index (χ4v) is 2.23. The predicted molar refractivity (Wildman–Crippen MR) is 80.4 cm³/mol. The summed E-state index contributed by atoms with van der Waals surface area (Å²) in [6, 6.07) is 16.5. The third-order valence-electron chi connectivity index (χ3n) is 3.01. The van der Waals surface area contributed by atoms with Crippen molar-refractivity contribution in [3.63, 3.8) is 0 Å². The lowest BCUT2D eigenvalue weighted by molar-refractivity contribution is 0.416. The standard InChI is InChI=1S/C17H21NO/c1-17(2,18)12-13-9-10-16(19-3)15(11-13)14-7-5-4-6-8-14/h4-11H,12,18H2,1-3H3.